The lowest BCUT2D eigenvalue weighted by Crippen LogP contribution is -2.66. The van der Waals surface area contributed by atoms with E-state index in [-0.39, 0.29) is 18.1 Å². The van der Waals surface area contributed by atoms with Crippen LogP contribution < -0.4 is 5.73 Å². The minimum Gasteiger partial charge on any atom is -0.458 e. The first kappa shape index (κ1) is 13.7. The number of hydrogen-bond acceptors (Lipinski definition) is 2. The van der Waals surface area contributed by atoms with Gasteiger partial charge in [0, 0.05) is 6.42 Å². The molecule has 0 amide bonds. The van der Waals surface area contributed by atoms with Crippen molar-refractivity contribution in [2.24, 2.45) is 0 Å². The van der Waals surface area contributed by atoms with Crippen molar-refractivity contribution >= 4 is 5.97 Å². The first-order valence-corrected chi connectivity index (χ1v) is 6.24. The van der Waals surface area contributed by atoms with Gasteiger partial charge in [-0.05, 0) is 18.4 Å². The number of esters is 1. The van der Waals surface area contributed by atoms with Gasteiger partial charge in [0.15, 0.2) is 6.04 Å². The molecule has 1 aromatic rings. The van der Waals surface area contributed by atoms with E-state index in [1.807, 2.05) is 44.2 Å². The topological polar surface area (TPSA) is 53.9 Å². The van der Waals surface area contributed by atoms with E-state index in [0.29, 0.717) is 6.42 Å². The Labute approximate surface area is 103 Å². The molecule has 0 saturated heterocycles. The van der Waals surface area contributed by atoms with Crippen LogP contribution in [0.4, 0.5) is 0 Å². The molecule has 1 atom stereocenters. The molecule has 0 heterocycles. The van der Waals surface area contributed by atoms with Gasteiger partial charge in [0.2, 0.25) is 0 Å². The second-order valence-corrected chi connectivity index (χ2v) is 4.26. The molecule has 0 aromatic heterocycles. The molecular formula is C14H22NO2+. The van der Waals surface area contributed by atoms with Crippen LogP contribution in [0.1, 0.15) is 32.3 Å². The van der Waals surface area contributed by atoms with E-state index in [1.165, 1.54) is 0 Å². The molecule has 3 heteroatoms. The third-order valence-corrected chi connectivity index (χ3v) is 2.85. The minimum atomic E-state index is -0.321. The lowest BCUT2D eigenvalue weighted by Gasteiger charge is -2.15. The monoisotopic (exact) mass is 236 g/mol. The van der Waals surface area contributed by atoms with Gasteiger partial charge in [-0.1, -0.05) is 44.2 Å². The van der Waals surface area contributed by atoms with Gasteiger partial charge in [-0.3, -0.25) is 0 Å². The first-order valence-electron chi connectivity index (χ1n) is 6.24. The van der Waals surface area contributed by atoms with E-state index >= 15 is 0 Å². The maximum absolute atomic E-state index is 11.8. The zero-order valence-electron chi connectivity index (χ0n) is 10.7. The van der Waals surface area contributed by atoms with E-state index in [4.69, 9.17) is 4.74 Å². The van der Waals surface area contributed by atoms with Crippen molar-refractivity contribution in [2.75, 3.05) is 0 Å². The zero-order valence-corrected chi connectivity index (χ0v) is 10.7. The molecule has 0 spiro atoms. The van der Waals surface area contributed by atoms with Crippen LogP contribution in [-0.2, 0) is 16.0 Å². The molecular weight excluding hydrogens is 214 g/mol. The standard InChI is InChI=1S/C14H21NO2/c1-3-12(4-2)17-14(16)13(15)10-11-8-6-5-7-9-11/h5-9,12-13H,3-4,10,15H2,1-2H3/p+1/t13-/m0/s1. The van der Waals surface area contributed by atoms with Crippen LogP contribution in [-0.4, -0.2) is 18.1 Å². The van der Waals surface area contributed by atoms with Crippen LogP contribution in [0.5, 0.6) is 0 Å². The molecule has 94 valence electrons. The van der Waals surface area contributed by atoms with Gasteiger partial charge in [0.25, 0.3) is 0 Å². The Bertz CT molecular complexity index is 333. The predicted octanol–water partition coefficient (Wildman–Crippen LogP) is 1.57. The van der Waals surface area contributed by atoms with Crippen LogP contribution in [0.2, 0.25) is 0 Å². The number of quaternary nitrogens is 1. The van der Waals surface area contributed by atoms with Crippen molar-refractivity contribution in [3.63, 3.8) is 0 Å². The summed E-state index contributed by atoms with van der Waals surface area (Å²) < 4.78 is 5.38. The molecule has 0 bridgehead atoms. The molecule has 0 fully saturated rings. The third-order valence-electron chi connectivity index (χ3n) is 2.85. The van der Waals surface area contributed by atoms with Crippen LogP contribution in [0.25, 0.3) is 0 Å². The van der Waals surface area contributed by atoms with E-state index in [2.05, 4.69) is 5.73 Å². The minimum absolute atomic E-state index is 0.0301. The number of hydrogen-bond donors (Lipinski definition) is 1. The predicted molar refractivity (Wildman–Crippen MR) is 67.3 cm³/mol. The van der Waals surface area contributed by atoms with Gasteiger partial charge < -0.3 is 10.5 Å². The summed E-state index contributed by atoms with van der Waals surface area (Å²) in [7, 11) is 0. The first-order chi connectivity index (χ1) is 8.17. The highest BCUT2D eigenvalue weighted by atomic mass is 16.5. The van der Waals surface area contributed by atoms with E-state index < -0.39 is 0 Å². The van der Waals surface area contributed by atoms with Gasteiger partial charge in [0.1, 0.15) is 6.10 Å². The lowest BCUT2D eigenvalue weighted by atomic mass is 10.1. The van der Waals surface area contributed by atoms with Crippen LogP contribution in [0, 0.1) is 0 Å². The molecule has 0 radical (unpaired) electrons. The molecule has 0 saturated carbocycles. The SMILES string of the molecule is CCC(CC)OC(=O)[C@@H]([NH3+])Cc1ccccc1. The van der Waals surface area contributed by atoms with Crippen molar-refractivity contribution < 1.29 is 15.3 Å². The highest BCUT2D eigenvalue weighted by molar-refractivity contribution is 5.74. The normalized spacial score (nSPS) is 12.5. The summed E-state index contributed by atoms with van der Waals surface area (Å²) >= 11 is 0. The third kappa shape index (κ3) is 4.57. The number of rotatable bonds is 6. The maximum Gasteiger partial charge on any atom is 0.365 e. The van der Waals surface area contributed by atoms with Gasteiger partial charge in [0.05, 0.1) is 0 Å². The largest absolute Gasteiger partial charge is 0.458 e. The summed E-state index contributed by atoms with van der Waals surface area (Å²) in [5.74, 6) is -0.192. The second kappa shape index (κ2) is 7.07. The van der Waals surface area contributed by atoms with Gasteiger partial charge in [-0.15, -0.1) is 0 Å². The second-order valence-electron chi connectivity index (χ2n) is 4.26. The lowest BCUT2D eigenvalue weighted by molar-refractivity contribution is -0.408. The van der Waals surface area contributed by atoms with Gasteiger partial charge in [-0.25, -0.2) is 4.79 Å². The summed E-state index contributed by atoms with van der Waals surface area (Å²) in [5, 5.41) is 0. The summed E-state index contributed by atoms with van der Waals surface area (Å²) in [6.07, 6.45) is 2.39. The Morgan fingerprint density at radius 3 is 2.35 bits per heavy atom. The Kier molecular flexibility index (Phi) is 5.70. The van der Waals surface area contributed by atoms with Crippen molar-refractivity contribution in [1.29, 1.82) is 0 Å². The molecule has 0 aliphatic rings. The Morgan fingerprint density at radius 1 is 1.24 bits per heavy atom. The average molecular weight is 236 g/mol. The van der Waals surface area contributed by atoms with Crippen LogP contribution >= 0.6 is 0 Å². The molecule has 1 rings (SSSR count). The number of ether oxygens (including phenoxy) is 1. The quantitative estimate of drug-likeness (QED) is 0.762. The molecule has 17 heavy (non-hydrogen) atoms. The molecule has 0 aliphatic heterocycles. The average Bonchev–Trinajstić information content (AvgIpc) is 2.36. The summed E-state index contributed by atoms with van der Waals surface area (Å²) in [4.78, 5) is 11.8. The molecule has 1 aromatic carbocycles. The fraction of sp³-hybridized carbons (Fsp3) is 0.500. The molecule has 0 aliphatic carbocycles. The van der Waals surface area contributed by atoms with Gasteiger partial charge in [-0.2, -0.15) is 0 Å². The van der Waals surface area contributed by atoms with Crippen molar-refractivity contribution in [1.82, 2.24) is 0 Å². The smallest absolute Gasteiger partial charge is 0.365 e. The Morgan fingerprint density at radius 2 is 1.82 bits per heavy atom. The number of carbonyl (C=O) groups excluding carboxylic acids is 1. The Balaban J connectivity index is 2.47. The maximum atomic E-state index is 11.8. The number of carbonyl (C=O) groups is 1. The van der Waals surface area contributed by atoms with Crippen LogP contribution in [0.15, 0.2) is 30.3 Å². The number of benzene rings is 1. The fourth-order valence-corrected chi connectivity index (χ4v) is 1.70. The summed E-state index contributed by atoms with van der Waals surface area (Å²) in [5.41, 5.74) is 5.00. The highest BCUT2D eigenvalue weighted by Crippen LogP contribution is 2.06. The van der Waals surface area contributed by atoms with Crippen molar-refractivity contribution in [3.05, 3.63) is 35.9 Å². The van der Waals surface area contributed by atoms with Crippen molar-refractivity contribution in [3.8, 4) is 0 Å². The van der Waals surface area contributed by atoms with E-state index in [1.54, 1.807) is 0 Å². The molecule has 3 nitrogen and oxygen atoms in total. The van der Waals surface area contributed by atoms with Crippen molar-refractivity contribution in [2.45, 2.75) is 45.3 Å². The molecule has 3 N–H and O–H groups in total. The van der Waals surface area contributed by atoms with Gasteiger partial charge >= 0.3 is 5.97 Å². The zero-order chi connectivity index (χ0) is 12.7. The summed E-state index contributed by atoms with van der Waals surface area (Å²) in [6.45, 7) is 4.05. The van der Waals surface area contributed by atoms with E-state index in [0.717, 1.165) is 18.4 Å². The summed E-state index contributed by atoms with van der Waals surface area (Å²) in [6, 6.07) is 9.58. The fourth-order valence-electron chi connectivity index (χ4n) is 1.70. The Hall–Kier alpha value is -1.35. The van der Waals surface area contributed by atoms with E-state index in [9.17, 15) is 4.79 Å². The molecule has 0 unspecified atom stereocenters. The highest BCUT2D eigenvalue weighted by Gasteiger charge is 2.21. The van der Waals surface area contributed by atoms with Crippen LogP contribution in [0.3, 0.4) is 0 Å².